The van der Waals surface area contributed by atoms with E-state index in [1.165, 1.54) is 0 Å². The molecule has 1 aromatic rings. The Hall–Kier alpha value is -1.01. The van der Waals surface area contributed by atoms with Gasteiger partial charge in [0.15, 0.2) is 0 Å². The zero-order valence-corrected chi connectivity index (χ0v) is 12.2. The van der Waals surface area contributed by atoms with Crippen molar-refractivity contribution in [2.45, 2.75) is 33.7 Å². The van der Waals surface area contributed by atoms with E-state index in [4.69, 9.17) is 5.26 Å². The van der Waals surface area contributed by atoms with Crippen molar-refractivity contribution < 1.29 is 0 Å². The average molecular weight is 293 g/mol. The van der Waals surface area contributed by atoms with Crippen molar-refractivity contribution in [1.29, 1.82) is 5.26 Å². The zero-order chi connectivity index (χ0) is 12.8. The summed E-state index contributed by atoms with van der Waals surface area (Å²) in [5.41, 5.74) is 2.16. The number of anilines is 1. The molecule has 0 aromatic heterocycles. The van der Waals surface area contributed by atoms with E-state index in [-0.39, 0.29) is 10.8 Å². The average Bonchev–Trinajstić information content (AvgIpc) is 2.63. The Bertz CT molecular complexity index is 483. The van der Waals surface area contributed by atoms with Gasteiger partial charge in [0.1, 0.15) is 6.07 Å². The van der Waals surface area contributed by atoms with Crippen LogP contribution in [0.3, 0.4) is 0 Å². The summed E-state index contributed by atoms with van der Waals surface area (Å²) in [7, 11) is 0. The normalized spacial score (nSPS) is 20.7. The molecule has 1 N–H and O–H groups in total. The molecule has 0 spiro atoms. The fraction of sp³-hybridized carbons (Fsp3) is 0.500. The highest BCUT2D eigenvalue weighted by Crippen LogP contribution is 2.63. The molecule has 0 aliphatic heterocycles. The first-order valence-corrected chi connectivity index (χ1v) is 6.56. The molecule has 0 heterocycles. The standard InChI is InChI=1S/C14H17BrN2/c1-13(2)12(14(13,3)4)17-11-6-5-10(15)7-9(11)8-16/h5-7,12,17H,1-4H3. The quantitative estimate of drug-likeness (QED) is 0.888. The summed E-state index contributed by atoms with van der Waals surface area (Å²) in [6.07, 6.45) is 0. The molecular weight excluding hydrogens is 276 g/mol. The first kappa shape index (κ1) is 12.4. The highest BCUT2D eigenvalue weighted by molar-refractivity contribution is 9.10. The van der Waals surface area contributed by atoms with Gasteiger partial charge in [-0.05, 0) is 29.0 Å². The molecule has 0 amide bonds. The van der Waals surface area contributed by atoms with Crippen molar-refractivity contribution in [2.75, 3.05) is 5.32 Å². The minimum absolute atomic E-state index is 0.271. The van der Waals surface area contributed by atoms with Crippen LogP contribution in [0.5, 0.6) is 0 Å². The summed E-state index contributed by atoms with van der Waals surface area (Å²) in [4.78, 5) is 0. The Kier molecular flexibility index (Phi) is 2.74. The van der Waals surface area contributed by atoms with Gasteiger partial charge in [-0.1, -0.05) is 43.6 Å². The molecule has 0 unspecified atom stereocenters. The van der Waals surface area contributed by atoms with E-state index in [2.05, 4.69) is 55.0 Å². The molecule has 1 aliphatic carbocycles. The van der Waals surface area contributed by atoms with Crippen LogP contribution in [0, 0.1) is 22.2 Å². The van der Waals surface area contributed by atoms with Gasteiger partial charge in [0.2, 0.25) is 0 Å². The topological polar surface area (TPSA) is 35.8 Å². The van der Waals surface area contributed by atoms with E-state index in [0.717, 1.165) is 10.2 Å². The Morgan fingerprint density at radius 1 is 1.24 bits per heavy atom. The first-order chi connectivity index (χ1) is 7.80. The molecule has 1 saturated carbocycles. The minimum Gasteiger partial charge on any atom is -0.380 e. The number of nitrogens with zero attached hydrogens (tertiary/aromatic N) is 1. The molecule has 0 radical (unpaired) electrons. The van der Waals surface area contributed by atoms with E-state index in [1.54, 1.807) is 0 Å². The molecule has 90 valence electrons. The Labute approximate surface area is 111 Å². The maximum atomic E-state index is 9.13. The van der Waals surface area contributed by atoms with Crippen LogP contribution < -0.4 is 5.32 Å². The maximum absolute atomic E-state index is 9.13. The van der Waals surface area contributed by atoms with Crippen LogP contribution in [0.15, 0.2) is 22.7 Å². The predicted molar refractivity (Wildman–Crippen MR) is 73.8 cm³/mol. The SMILES string of the molecule is CC1(C)C(Nc2ccc(Br)cc2C#N)C1(C)C. The molecule has 0 atom stereocenters. The van der Waals surface area contributed by atoms with Crippen molar-refractivity contribution in [3.63, 3.8) is 0 Å². The van der Waals surface area contributed by atoms with Crippen molar-refractivity contribution in [2.24, 2.45) is 10.8 Å². The van der Waals surface area contributed by atoms with E-state index in [9.17, 15) is 0 Å². The van der Waals surface area contributed by atoms with Crippen LogP contribution >= 0.6 is 15.9 Å². The lowest BCUT2D eigenvalue weighted by atomic mass is 10.0. The summed E-state index contributed by atoms with van der Waals surface area (Å²) in [6, 6.07) is 8.43. The van der Waals surface area contributed by atoms with Crippen LogP contribution in [-0.4, -0.2) is 6.04 Å². The lowest BCUT2D eigenvalue weighted by Gasteiger charge is -2.10. The van der Waals surface area contributed by atoms with Crippen LogP contribution in [0.4, 0.5) is 5.69 Å². The smallest absolute Gasteiger partial charge is 0.101 e. The molecule has 3 heteroatoms. The summed E-state index contributed by atoms with van der Waals surface area (Å²) < 4.78 is 0.939. The number of nitriles is 1. The summed E-state index contributed by atoms with van der Waals surface area (Å²) in [6.45, 7) is 9.04. The monoisotopic (exact) mass is 292 g/mol. The van der Waals surface area contributed by atoms with E-state index < -0.39 is 0 Å². The second kappa shape index (κ2) is 3.74. The van der Waals surface area contributed by atoms with Crippen LogP contribution in [-0.2, 0) is 0 Å². The third-order valence-corrected chi connectivity index (χ3v) is 4.92. The van der Waals surface area contributed by atoms with Gasteiger partial charge in [-0.3, -0.25) is 0 Å². The fourth-order valence-electron chi connectivity index (χ4n) is 2.45. The van der Waals surface area contributed by atoms with Gasteiger partial charge in [0.05, 0.1) is 11.3 Å². The number of hydrogen-bond donors (Lipinski definition) is 1. The van der Waals surface area contributed by atoms with Gasteiger partial charge in [-0.15, -0.1) is 0 Å². The fourth-order valence-corrected chi connectivity index (χ4v) is 2.81. The second-order valence-corrected chi connectivity index (χ2v) is 6.74. The summed E-state index contributed by atoms with van der Waals surface area (Å²) in [5, 5.41) is 12.6. The minimum atomic E-state index is 0.271. The van der Waals surface area contributed by atoms with Crippen LogP contribution in [0.2, 0.25) is 0 Å². The lowest BCUT2D eigenvalue weighted by Crippen LogP contribution is -2.11. The summed E-state index contributed by atoms with van der Waals surface area (Å²) >= 11 is 3.38. The van der Waals surface area contributed by atoms with Gasteiger partial charge in [0, 0.05) is 10.5 Å². The third-order valence-electron chi connectivity index (χ3n) is 4.42. The Morgan fingerprint density at radius 2 is 1.82 bits per heavy atom. The maximum Gasteiger partial charge on any atom is 0.101 e. The number of rotatable bonds is 2. The molecule has 1 aliphatic rings. The lowest BCUT2D eigenvalue weighted by molar-refractivity contribution is 0.457. The summed E-state index contributed by atoms with van der Waals surface area (Å²) in [5.74, 6) is 0. The van der Waals surface area contributed by atoms with Gasteiger partial charge >= 0.3 is 0 Å². The Balaban J connectivity index is 2.25. The zero-order valence-electron chi connectivity index (χ0n) is 10.6. The highest BCUT2D eigenvalue weighted by Gasteiger charge is 2.64. The Morgan fingerprint density at radius 3 is 2.29 bits per heavy atom. The van der Waals surface area contributed by atoms with Crippen LogP contribution in [0.25, 0.3) is 0 Å². The molecule has 0 saturated heterocycles. The number of hydrogen-bond acceptors (Lipinski definition) is 2. The van der Waals surface area contributed by atoms with Gasteiger partial charge in [0.25, 0.3) is 0 Å². The van der Waals surface area contributed by atoms with Gasteiger partial charge < -0.3 is 5.32 Å². The van der Waals surface area contributed by atoms with Crippen molar-refractivity contribution >= 4 is 21.6 Å². The molecular formula is C14H17BrN2. The van der Waals surface area contributed by atoms with Crippen molar-refractivity contribution in [3.8, 4) is 6.07 Å². The number of halogens is 1. The van der Waals surface area contributed by atoms with Crippen LogP contribution in [0.1, 0.15) is 33.3 Å². The first-order valence-electron chi connectivity index (χ1n) is 5.77. The van der Waals surface area contributed by atoms with Gasteiger partial charge in [-0.2, -0.15) is 5.26 Å². The molecule has 0 bridgehead atoms. The van der Waals surface area contributed by atoms with Crippen molar-refractivity contribution in [3.05, 3.63) is 28.2 Å². The highest BCUT2D eigenvalue weighted by atomic mass is 79.9. The predicted octanol–water partition coefficient (Wildman–Crippen LogP) is 4.17. The molecule has 2 rings (SSSR count). The van der Waals surface area contributed by atoms with E-state index >= 15 is 0 Å². The largest absolute Gasteiger partial charge is 0.380 e. The van der Waals surface area contributed by atoms with Crippen molar-refractivity contribution in [1.82, 2.24) is 0 Å². The molecule has 1 fully saturated rings. The van der Waals surface area contributed by atoms with E-state index in [0.29, 0.717) is 11.6 Å². The third kappa shape index (κ3) is 1.85. The molecule has 1 aromatic carbocycles. The molecule has 2 nitrogen and oxygen atoms in total. The second-order valence-electron chi connectivity index (χ2n) is 5.82. The number of nitrogens with one attached hydrogen (secondary N) is 1. The van der Waals surface area contributed by atoms with E-state index in [1.807, 2.05) is 18.2 Å². The number of benzene rings is 1. The molecule has 17 heavy (non-hydrogen) atoms. The van der Waals surface area contributed by atoms with Gasteiger partial charge in [-0.25, -0.2) is 0 Å².